The first-order valence-corrected chi connectivity index (χ1v) is 5.10. The zero-order chi connectivity index (χ0) is 11.1. The molecule has 0 aliphatic rings. The largest absolute Gasteiger partial charge is 0.359 e. The second-order valence-corrected chi connectivity index (χ2v) is 3.66. The molecule has 0 unspecified atom stereocenters. The number of nitrogens with one attached hydrogen (secondary N) is 2. The highest BCUT2D eigenvalue weighted by Crippen LogP contribution is 1.87. The molecule has 0 spiro atoms. The molecular weight excluding hydrogens is 208 g/mol. The molecule has 0 saturated carbocycles. The van der Waals surface area contributed by atoms with Crippen LogP contribution in [0.3, 0.4) is 0 Å². The third-order valence-electron chi connectivity index (χ3n) is 1.47. The highest BCUT2D eigenvalue weighted by atomic mass is 32.1. The van der Waals surface area contributed by atoms with E-state index in [-0.39, 0.29) is 0 Å². The third-order valence-corrected chi connectivity index (χ3v) is 1.68. The summed E-state index contributed by atoms with van der Waals surface area (Å²) in [5, 5.41) is 7.48. The molecule has 0 aliphatic heterocycles. The van der Waals surface area contributed by atoms with Crippen LogP contribution in [0, 0.1) is 0 Å². The summed E-state index contributed by atoms with van der Waals surface area (Å²) in [7, 11) is 0. The van der Waals surface area contributed by atoms with Crippen LogP contribution in [0.15, 0.2) is 29.5 Å². The molecule has 1 aromatic heterocycles. The molecule has 0 bridgehead atoms. The number of hydrazone groups is 1. The SMILES string of the molecule is CC(C)NC(=S)N/N=C/c1ccccn1. The van der Waals surface area contributed by atoms with Crippen LogP contribution < -0.4 is 10.7 Å². The number of hydrogen-bond donors (Lipinski definition) is 2. The summed E-state index contributed by atoms with van der Waals surface area (Å²) >= 11 is 4.99. The molecule has 1 aromatic rings. The predicted octanol–water partition coefficient (Wildman–Crippen LogP) is 1.29. The normalized spacial score (nSPS) is 10.6. The molecule has 0 aromatic carbocycles. The fourth-order valence-electron chi connectivity index (χ4n) is 0.904. The molecule has 0 amide bonds. The van der Waals surface area contributed by atoms with E-state index in [1.807, 2.05) is 32.0 Å². The molecule has 0 atom stereocenters. The van der Waals surface area contributed by atoms with E-state index in [0.29, 0.717) is 11.2 Å². The number of pyridine rings is 1. The highest BCUT2D eigenvalue weighted by molar-refractivity contribution is 7.80. The average molecular weight is 222 g/mol. The molecule has 15 heavy (non-hydrogen) atoms. The Balaban J connectivity index is 2.37. The third kappa shape index (κ3) is 5.07. The lowest BCUT2D eigenvalue weighted by molar-refractivity contribution is 0.719. The van der Waals surface area contributed by atoms with Gasteiger partial charge in [-0.05, 0) is 38.2 Å². The molecule has 0 aliphatic carbocycles. The molecule has 1 rings (SSSR count). The van der Waals surface area contributed by atoms with Crippen LogP contribution in [0.25, 0.3) is 0 Å². The fraction of sp³-hybridized carbons (Fsp3) is 0.300. The van der Waals surface area contributed by atoms with Gasteiger partial charge in [-0.2, -0.15) is 5.10 Å². The van der Waals surface area contributed by atoms with Crippen molar-refractivity contribution in [2.24, 2.45) is 5.10 Å². The number of rotatable bonds is 3. The van der Waals surface area contributed by atoms with E-state index in [0.717, 1.165) is 5.69 Å². The Hall–Kier alpha value is -1.49. The van der Waals surface area contributed by atoms with Crippen molar-refractivity contribution in [3.8, 4) is 0 Å². The van der Waals surface area contributed by atoms with E-state index in [1.54, 1.807) is 12.4 Å². The Kier molecular flexibility index (Phi) is 4.70. The van der Waals surface area contributed by atoms with E-state index < -0.39 is 0 Å². The first kappa shape index (κ1) is 11.6. The minimum absolute atomic E-state index is 0.301. The number of thiocarbonyl (C=S) groups is 1. The lowest BCUT2D eigenvalue weighted by atomic mass is 10.4. The van der Waals surface area contributed by atoms with Gasteiger partial charge >= 0.3 is 0 Å². The molecule has 5 heteroatoms. The average Bonchev–Trinajstić information content (AvgIpc) is 2.18. The van der Waals surface area contributed by atoms with Crippen molar-refractivity contribution in [2.75, 3.05) is 0 Å². The van der Waals surface area contributed by atoms with Gasteiger partial charge in [0.1, 0.15) is 0 Å². The summed E-state index contributed by atoms with van der Waals surface area (Å²) in [5.74, 6) is 0. The van der Waals surface area contributed by atoms with Crippen molar-refractivity contribution in [2.45, 2.75) is 19.9 Å². The molecule has 0 radical (unpaired) electrons. The van der Waals surface area contributed by atoms with E-state index in [2.05, 4.69) is 20.8 Å². The number of aromatic nitrogens is 1. The van der Waals surface area contributed by atoms with E-state index in [4.69, 9.17) is 12.2 Å². The van der Waals surface area contributed by atoms with Crippen molar-refractivity contribution in [3.05, 3.63) is 30.1 Å². The summed E-state index contributed by atoms with van der Waals surface area (Å²) in [4.78, 5) is 4.08. The quantitative estimate of drug-likeness (QED) is 0.459. The predicted molar refractivity (Wildman–Crippen MR) is 65.8 cm³/mol. The van der Waals surface area contributed by atoms with Crippen LogP contribution in [0.5, 0.6) is 0 Å². The van der Waals surface area contributed by atoms with Gasteiger partial charge in [0.2, 0.25) is 0 Å². The van der Waals surface area contributed by atoms with Crippen molar-refractivity contribution in [1.29, 1.82) is 0 Å². The minimum atomic E-state index is 0.301. The Morgan fingerprint density at radius 3 is 2.93 bits per heavy atom. The molecule has 0 fully saturated rings. The van der Waals surface area contributed by atoms with Gasteiger partial charge in [0.15, 0.2) is 5.11 Å². The molecular formula is C10H14N4S. The Bertz CT molecular complexity index is 335. The zero-order valence-corrected chi connectivity index (χ0v) is 9.58. The topological polar surface area (TPSA) is 49.3 Å². The second-order valence-electron chi connectivity index (χ2n) is 3.25. The Labute approximate surface area is 94.8 Å². The van der Waals surface area contributed by atoms with Gasteiger partial charge in [-0.15, -0.1) is 0 Å². The van der Waals surface area contributed by atoms with Crippen molar-refractivity contribution in [1.82, 2.24) is 15.7 Å². The molecule has 1 heterocycles. The van der Waals surface area contributed by atoms with Crippen molar-refractivity contribution < 1.29 is 0 Å². The van der Waals surface area contributed by atoms with Gasteiger partial charge in [0.05, 0.1) is 11.9 Å². The van der Waals surface area contributed by atoms with E-state index in [9.17, 15) is 0 Å². The first-order valence-electron chi connectivity index (χ1n) is 4.69. The Morgan fingerprint density at radius 1 is 1.53 bits per heavy atom. The maximum Gasteiger partial charge on any atom is 0.187 e. The van der Waals surface area contributed by atoms with Crippen molar-refractivity contribution >= 4 is 23.5 Å². The van der Waals surface area contributed by atoms with Crippen LogP contribution in [0.1, 0.15) is 19.5 Å². The number of hydrogen-bond acceptors (Lipinski definition) is 3. The number of nitrogens with zero attached hydrogens (tertiary/aromatic N) is 2. The van der Waals surface area contributed by atoms with Crippen molar-refractivity contribution in [3.63, 3.8) is 0 Å². The molecule has 80 valence electrons. The summed E-state index contributed by atoms with van der Waals surface area (Å²) in [5.41, 5.74) is 3.50. The minimum Gasteiger partial charge on any atom is -0.359 e. The van der Waals surface area contributed by atoms with Crippen LogP contribution in [0.4, 0.5) is 0 Å². The lowest BCUT2D eigenvalue weighted by Crippen LogP contribution is -2.36. The monoisotopic (exact) mass is 222 g/mol. The van der Waals surface area contributed by atoms with Crippen LogP contribution >= 0.6 is 12.2 Å². The lowest BCUT2D eigenvalue weighted by Gasteiger charge is -2.09. The van der Waals surface area contributed by atoms with Gasteiger partial charge < -0.3 is 5.32 Å². The molecule has 0 saturated heterocycles. The van der Waals surface area contributed by atoms with E-state index in [1.165, 1.54) is 0 Å². The molecule has 2 N–H and O–H groups in total. The maximum atomic E-state index is 4.99. The summed E-state index contributed by atoms with van der Waals surface area (Å²) in [6.45, 7) is 4.02. The highest BCUT2D eigenvalue weighted by Gasteiger charge is 1.94. The van der Waals surface area contributed by atoms with Gasteiger partial charge in [-0.3, -0.25) is 10.4 Å². The first-order chi connectivity index (χ1) is 7.18. The van der Waals surface area contributed by atoms with Gasteiger partial charge in [0.25, 0.3) is 0 Å². The molecule has 4 nitrogen and oxygen atoms in total. The van der Waals surface area contributed by atoms with Gasteiger partial charge in [0, 0.05) is 12.2 Å². The second kappa shape index (κ2) is 6.08. The smallest absolute Gasteiger partial charge is 0.187 e. The maximum absolute atomic E-state index is 4.99. The summed E-state index contributed by atoms with van der Waals surface area (Å²) in [6.07, 6.45) is 3.33. The zero-order valence-electron chi connectivity index (χ0n) is 8.77. The van der Waals surface area contributed by atoms with Crippen LogP contribution in [-0.2, 0) is 0 Å². The summed E-state index contributed by atoms with van der Waals surface area (Å²) < 4.78 is 0. The standard InChI is InChI=1S/C10H14N4S/c1-8(2)13-10(15)14-12-7-9-5-3-4-6-11-9/h3-8H,1-2H3,(H2,13,14,15)/b12-7+. The summed E-state index contributed by atoms with van der Waals surface area (Å²) in [6, 6.07) is 5.92. The Morgan fingerprint density at radius 2 is 2.33 bits per heavy atom. The van der Waals surface area contributed by atoms with Gasteiger partial charge in [-0.1, -0.05) is 6.07 Å². The van der Waals surface area contributed by atoms with Crippen LogP contribution in [-0.4, -0.2) is 22.4 Å². The fourth-order valence-corrected chi connectivity index (χ4v) is 1.19. The van der Waals surface area contributed by atoms with E-state index >= 15 is 0 Å². The van der Waals surface area contributed by atoms with Crippen LogP contribution in [0.2, 0.25) is 0 Å². The van der Waals surface area contributed by atoms with Gasteiger partial charge in [-0.25, -0.2) is 0 Å².